The molecule has 0 heterocycles. The van der Waals surface area contributed by atoms with E-state index in [2.05, 4.69) is 17.5 Å². The Morgan fingerprint density at radius 2 is 2.38 bits per heavy atom. The van der Waals surface area contributed by atoms with E-state index in [-0.39, 0.29) is 0 Å². The summed E-state index contributed by atoms with van der Waals surface area (Å²) in [6.07, 6.45) is 7.34. The molecule has 1 fully saturated rings. The number of nitrogens with one attached hydrogen (secondary N) is 1. The van der Waals surface area contributed by atoms with Crippen molar-refractivity contribution in [2.45, 2.75) is 12.8 Å². The molecule has 0 aliphatic heterocycles. The third kappa shape index (κ3) is 2.12. The quantitative estimate of drug-likeness (QED) is 0.539. The average Bonchev–Trinajstić information content (AvgIpc) is 2.51. The minimum absolute atomic E-state index is 0.934. The maximum absolute atomic E-state index is 3.06. The Morgan fingerprint density at radius 1 is 1.62 bits per heavy atom. The molecule has 0 aromatic carbocycles. The van der Waals surface area contributed by atoms with Crippen molar-refractivity contribution in [1.29, 1.82) is 0 Å². The molecule has 1 rings (SSSR count). The first-order valence-electron chi connectivity index (χ1n) is 3.24. The van der Waals surface area contributed by atoms with Crippen molar-refractivity contribution in [3.63, 3.8) is 0 Å². The van der Waals surface area contributed by atoms with E-state index >= 15 is 0 Å². The summed E-state index contributed by atoms with van der Waals surface area (Å²) in [6, 6.07) is 0. The highest BCUT2D eigenvalue weighted by Crippen LogP contribution is 2.29. The zero-order chi connectivity index (χ0) is 5.82. The van der Waals surface area contributed by atoms with Crippen LogP contribution in [0.15, 0.2) is 12.2 Å². The minimum atomic E-state index is 0.934. The van der Waals surface area contributed by atoms with E-state index in [1.54, 1.807) is 0 Å². The van der Waals surface area contributed by atoms with Crippen LogP contribution in [-0.2, 0) is 0 Å². The molecule has 0 aromatic heterocycles. The predicted octanol–water partition coefficient (Wildman–Crippen LogP) is 1.17. The molecule has 1 N–H and O–H groups in total. The van der Waals surface area contributed by atoms with Gasteiger partial charge in [0.05, 0.1) is 0 Å². The first kappa shape index (κ1) is 5.83. The van der Waals surface area contributed by atoms with Crippen LogP contribution in [0, 0.1) is 5.92 Å². The fourth-order valence-electron chi connectivity index (χ4n) is 0.667. The Balaban J connectivity index is 1.96. The van der Waals surface area contributed by atoms with Crippen molar-refractivity contribution in [3.05, 3.63) is 12.2 Å². The van der Waals surface area contributed by atoms with Gasteiger partial charge in [-0.2, -0.15) is 0 Å². The Labute approximate surface area is 50.8 Å². The number of rotatable bonds is 3. The standard InChI is InChI=1S/C7H13N/c1-8-6-2-3-7-4-5-7/h2-3,7-8H,4-6H2,1H3/b3-2+. The third-order valence-corrected chi connectivity index (χ3v) is 1.35. The highest BCUT2D eigenvalue weighted by atomic mass is 14.8. The first-order valence-corrected chi connectivity index (χ1v) is 3.24. The SMILES string of the molecule is CNC/C=C/C1CC1. The predicted molar refractivity (Wildman–Crippen MR) is 35.8 cm³/mol. The van der Waals surface area contributed by atoms with Crippen LogP contribution in [0.5, 0.6) is 0 Å². The fraction of sp³-hybridized carbons (Fsp3) is 0.714. The zero-order valence-corrected chi connectivity index (χ0v) is 5.35. The van der Waals surface area contributed by atoms with Crippen molar-refractivity contribution in [2.24, 2.45) is 5.92 Å². The van der Waals surface area contributed by atoms with Gasteiger partial charge in [-0.15, -0.1) is 0 Å². The molecule has 0 bridgehead atoms. The summed E-state index contributed by atoms with van der Waals surface area (Å²) in [5.41, 5.74) is 0. The van der Waals surface area contributed by atoms with E-state index in [0.717, 1.165) is 12.5 Å². The second-order valence-electron chi connectivity index (χ2n) is 2.32. The van der Waals surface area contributed by atoms with Crippen LogP contribution < -0.4 is 5.32 Å². The maximum atomic E-state index is 3.06. The Kier molecular flexibility index (Phi) is 2.10. The number of hydrogen-bond donors (Lipinski definition) is 1. The van der Waals surface area contributed by atoms with Gasteiger partial charge in [-0.05, 0) is 25.8 Å². The van der Waals surface area contributed by atoms with E-state index in [1.165, 1.54) is 12.8 Å². The number of allylic oxidation sites excluding steroid dienone is 1. The summed E-state index contributed by atoms with van der Waals surface area (Å²) in [5, 5.41) is 3.06. The van der Waals surface area contributed by atoms with Crippen molar-refractivity contribution in [3.8, 4) is 0 Å². The van der Waals surface area contributed by atoms with Gasteiger partial charge < -0.3 is 5.32 Å². The van der Waals surface area contributed by atoms with Gasteiger partial charge in [-0.25, -0.2) is 0 Å². The first-order chi connectivity index (χ1) is 3.93. The molecule has 1 heteroatoms. The van der Waals surface area contributed by atoms with Gasteiger partial charge in [0, 0.05) is 6.54 Å². The lowest BCUT2D eigenvalue weighted by Crippen LogP contribution is -2.03. The van der Waals surface area contributed by atoms with Crippen molar-refractivity contribution in [1.82, 2.24) is 5.32 Å². The van der Waals surface area contributed by atoms with Crippen LogP contribution in [0.25, 0.3) is 0 Å². The summed E-state index contributed by atoms with van der Waals surface area (Å²) < 4.78 is 0. The molecule has 1 aliphatic carbocycles. The lowest BCUT2D eigenvalue weighted by molar-refractivity contribution is 0.911. The minimum Gasteiger partial charge on any atom is -0.316 e. The fourth-order valence-corrected chi connectivity index (χ4v) is 0.667. The van der Waals surface area contributed by atoms with Crippen molar-refractivity contribution >= 4 is 0 Å². The normalized spacial score (nSPS) is 20.1. The average molecular weight is 111 g/mol. The smallest absolute Gasteiger partial charge is 0.0131 e. The molecular weight excluding hydrogens is 98.1 g/mol. The van der Waals surface area contributed by atoms with Gasteiger partial charge in [-0.1, -0.05) is 12.2 Å². The Bertz CT molecular complexity index is 82.4. The molecule has 1 nitrogen and oxygen atoms in total. The molecule has 46 valence electrons. The summed E-state index contributed by atoms with van der Waals surface area (Å²) in [6.45, 7) is 1.02. The van der Waals surface area contributed by atoms with Crippen LogP contribution in [0.3, 0.4) is 0 Å². The summed E-state index contributed by atoms with van der Waals surface area (Å²) >= 11 is 0. The van der Waals surface area contributed by atoms with Crippen LogP contribution in [0.2, 0.25) is 0 Å². The highest BCUT2D eigenvalue weighted by Gasteiger charge is 2.16. The van der Waals surface area contributed by atoms with Gasteiger partial charge in [0.2, 0.25) is 0 Å². The second kappa shape index (κ2) is 2.88. The third-order valence-electron chi connectivity index (χ3n) is 1.35. The number of likely N-dealkylation sites (N-methyl/N-ethyl adjacent to an activating group) is 1. The molecule has 0 atom stereocenters. The topological polar surface area (TPSA) is 12.0 Å². The van der Waals surface area contributed by atoms with Gasteiger partial charge in [0.15, 0.2) is 0 Å². The molecule has 0 saturated heterocycles. The highest BCUT2D eigenvalue weighted by molar-refractivity contribution is 4.96. The summed E-state index contributed by atoms with van der Waals surface area (Å²) in [7, 11) is 1.97. The second-order valence-corrected chi connectivity index (χ2v) is 2.32. The molecule has 0 aromatic rings. The van der Waals surface area contributed by atoms with E-state index in [9.17, 15) is 0 Å². The van der Waals surface area contributed by atoms with Gasteiger partial charge in [0.25, 0.3) is 0 Å². The molecule has 1 saturated carbocycles. The molecule has 0 radical (unpaired) electrons. The Hall–Kier alpha value is -0.300. The molecular formula is C7H13N. The largest absolute Gasteiger partial charge is 0.316 e. The maximum Gasteiger partial charge on any atom is 0.0131 e. The van der Waals surface area contributed by atoms with Gasteiger partial charge >= 0.3 is 0 Å². The molecule has 8 heavy (non-hydrogen) atoms. The van der Waals surface area contributed by atoms with Crippen LogP contribution in [-0.4, -0.2) is 13.6 Å². The lowest BCUT2D eigenvalue weighted by atomic mass is 10.4. The molecule has 0 amide bonds. The summed E-state index contributed by atoms with van der Waals surface area (Å²) in [5.74, 6) is 0.934. The zero-order valence-electron chi connectivity index (χ0n) is 5.35. The van der Waals surface area contributed by atoms with Crippen LogP contribution >= 0.6 is 0 Å². The summed E-state index contributed by atoms with van der Waals surface area (Å²) in [4.78, 5) is 0. The van der Waals surface area contributed by atoms with E-state index in [0.29, 0.717) is 0 Å². The van der Waals surface area contributed by atoms with Crippen LogP contribution in [0.1, 0.15) is 12.8 Å². The van der Waals surface area contributed by atoms with Gasteiger partial charge in [0.1, 0.15) is 0 Å². The monoisotopic (exact) mass is 111 g/mol. The molecule has 0 unspecified atom stereocenters. The molecule has 1 aliphatic rings. The van der Waals surface area contributed by atoms with Gasteiger partial charge in [-0.3, -0.25) is 0 Å². The molecule has 0 spiro atoms. The van der Waals surface area contributed by atoms with Crippen molar-refractivity contribution < 1.29 is 0 Å². The number of hydrogen-bond acceptors (Lipinski definition) is 1. The van der Waals surface area contributed by atoms with E-state index in [1.807, 2.05) is 7.05 Å². The lowest BCUT2D eigenvalue weighted by Gasteiger charge is -1.84. The van der Waals surface area contributed by atoms with E-state index in [4.69, 9.17) is 0 Å². The van der Waals surface area contributed by atoms with E-state index < -0.39 is 0 Å². The van der Waals surface area contributed by atoms with Crippen LogP contribution in [0.4, 0.5) is 0 Å². The Morgan fingerprint density at radius 3 is 2.88 bits per heavy atom. The van der Waals surface area contributed by atoms with Crippen molar-refractivity contribution in [2.75, 3.05) is 13.6 Å².